The maximum absolute atomic E-state index is 11.1. The summed E-state index contributed by atoms with van der Waals surface area (Å²) >= 11 is 0. The first-order chi connectivity index (χ1) is 19.5. The zero-order valence-corrected chi connectivity index (χ0v) is 27.1. The Kier molecular flexibility index (Phi) is 30.1. The van der Waals surface area contributed by atoms with Gasteiger partial charge >= 0.3 is 0 Å². The van der Waals surface area contributed by atoms with Crippen molar-refractivity contribution in [1.82, 2.24) is 0 Å². The summed E-state index contributed by atoms with van der Waals surface area (Å²) in [6.45, 7) is 3.91. The van der Waals surface area contributed by atoms with Crippen LogP contribution < -0.4 is 0 Å². The Morgan fingerprint density at radius 2 is 0.825 bits per heavy atom. The second kappa shape index (κ2) is 30.3. The molecule has 0 spiro atoms. The van der Waals surface area contributed by atoms with Crippen molar-refractivity contribution in [3.05, 3.63) is 0 Å². The van der Waals surface area contributed by atoms with E-state index in [-0.39, 0.29) is 6.61 Å². The molecular formula is C35H72O5. The number of hydrogen-bond acceptors (Lipinski definition) is 5. The van der Waals surface area contributed by atoms with Crippen LogP contribution in [0.5, 0.6) is 0 Å². The summed E-state index contributed by atoms with van der Waals surface area (Å²) in [5.41, 5.74) is 0. The van der Waals surface area contributed by atoms with Gasteiger partial charge in [-0.3, -0.25) is 0 Å². The average molecular weight is 573 g/mol. The van der Waals surface area contributed by atoms with Gasteiger partial charge in [0.2, 0.25) is 0 Å². The molecule has 40 heavy (non-hydrogen) atoms. The lowest BCUT2D eigenvalue weighted by molar-refractivity contribution is -0.270. The third-order valence-corrected chi connectivity index (χ3v) is 8.48. The lowest BCUT2D eigenvalue weighted by Crippen LogP contribution is -2.46. The molecule has 0 saturated heterocycles. The second-order valence-corrected chi connectivity index (χ2v) is 12.5. The molecule has 0 aromatic rings. The van der Waals surface area contributed by atoms with Crippen LogP contribution in [-0.2, 0) is 4.74 Å². The number of rotatable bonds is 33. The van der Waals surface area contributed by atoms with Crippen LogP contribution in [0, 0.1) is 0 Å². The molecular weight excluding hydrogens is 500 g/mol. The number of aliphatic hydroxyl groups is 4. The molecule has 242 valence electrons. The lowest BCUT2D eigenvalue weighted by atomic mass is 9.96. The summed E-state index contributed by atoms with van der Waals surface area (Å²) in [7, 11) is 0. The van der Waals surface area contributed by atoms with Gasteiger partial charge in [0.05, 0.1) is 13.2 Å². The fourth-order valence-electron chi connectivity index (χ4n) is 5.61. The van der Waals surface area contributed by atoms with Gasteiger partial charge < -0.3 is 25.2 Å². The lowest BCUT2D eigenvalue weighted by Gasteiger charge is -2.34. The quantitative estimate of drug-likeness (QED) is 0.0464. The molecule has 0 rings (SSSR count). The molecule has 0 amide bonds. The molecule has 5 heteroatoms. The van der Waals surface area contributed by atoms with E-state index in [0.717, 1.165) is 32.1 Å². The van der Waals surface area contributed by atoms with E-state index in [1.165, 1.54) is 135 Å². The molecule has 0 aliphatic rings. The Labute approximate surface area is 249 Å². The van der Waals surface area contributed by atoms with Crippen LogP contribution in [0.4, 0.5) is 0 Å². The monoisotopic (exact) mass is 573 g/mol. The minimum Gasteiger partial charge on any atom is -0.394 e. The van der Waals surface area contributed by atoms with Crippen LogP contribution in [0.2, 0.25) is 0 Å². The highest BCUT2D eigenvalue weighted by Gasteiger charge is 2.36. The Morgan fingerprint density at radius 1 is 0.500 bits per heavy atom. The molecule has 0 heterocycles. The Hall–Kier alpha value is -0.200. The van der Waals surface area contributed by atoms with Crippen LogP contribution in [-0.4, -0.2) is 51.6 Å². The van der Waals surface area contributed by atoms with Gasteiger partial charge in [0.15, 0.2) is 5.79 Å². The molecule has 0 aromatic heterocycles. The number of aliphatic hydroxyl groups excluding tert-OH is 3. The molecule has 0 radical (unpaired) electrons. The second-order valence-electron chi connectivity index (χ2n) is 12.5. The number of ether oxygens (including phenoxy) is 1. The smallest absolute Gasteiger partial charge is 0.192 e. The maximum Gasteiger partial charge on any atom is 0.192 e. The minimum atomic E-state index is -1.65. The molecule has 4 N–H and O–H groups in total. The minimum absolute atomic E-state index is 0.167. The van der Waals surface area contributed by atoms with E-state index < -0.39 is 24.6 Å². The van der Waals surface area contributed by atoms with E-state index in [0.29, 0.717) is 12.8 Å². The van der Waals surface area contributed by atoms with Crippen molar-refractivity contribution in [2.75, 3.05) is 13.2 Å². The Bertz CT molecular complexity index is 488. The van der Waals surface area contributed by atoms with Crippen LogP contribution in [0.15, 0.2) is 0 Å². The fraction of sp³-hybridized carbons (Fsp3) is 1.00. The van der Waals surface area contributed by atoms with Crippen LogP contribution in [0.1, 0.15) is 194 Å². The standard InChI is InChI=1S/C35H72O5/c1-3-5-7-9-11-12-13-14-15-16-17-18-19-20-21-22-23-25-27-29-34(38)35(39,40-32-33(37)31-36)30-28-26-24-10-8-6-4-2/h33-34,36-39H,3-32H2,1-2H3. The van der Waals surface area contributed by atoms with E-state index >= 15 is 0 Å². The predicted molar refractivity (Wildman–Crippen MR) is 171 cm³/mol. The van der Waals surface area contributed by atoms with E-state index in [9.17, 15) is 15.3 Å². The van der Waals surface area contributed by atoms with E-state index in [2.05, 4.69) is 13.8 Å². The van der Waals surface area contributed by atoms with Crippen LogP contribution >= 0.6 is 0 Å². The Balaban J connectivity index is 3.80. The molecule has 0 bridgehead atoms. The SMILES string of the molecule is CCCCCCCCCCCCCCCCCCCCCC(O)C(O)(CCCCCCCCC)OCC(O)CO. The van der Waals surface area contributed by atoms with Crippen molar-refractivity contribution in [2.45, 2.75) is 212 Å². The molecule has 3 atom stereocenters. The highest BCUT2D eigenvalue weighted by molar-refractivity contribution is 4.78. The van der Waals surface area contributed by atoms with Crippen LogP contribution in [0.25, 0.3) is 0 Å². The number of unbranched alkanes of at least 4 members (excludes halogenated alkanes) is 24. The van der Waals surface area contributed by atoms with Gasteiger partial charge in [0, 0.05) is 6.42 Å². The fourth-order valence-corrected chi connectivity index (χ4v) is 5.61. The molecule has 0 aliphatic carbocycles. The molecule has 5 nitrogen and oxygen atoms in total. The summed E-state index contributed by atoms with van der Waals surface area (Å²) in [4.78, 5) is 0. The summed E-state index contributed by atoms with van der Waals surface area (Å²) < 4.78 is 5.58. The Morgan fingerprint density at radius 3 is 1.18 bits per heavy atom. The zero-order valence-electron chi connectivity index (χ0n) is 27.1. The molecule has 0 aromatic carbocycles. The third-order valence-electron chi connectivity index (χ3n) is 8.48. The van der Waals surface area contributed by atoms with Gasteiger partial charge in [-0.1, -0.05) is 174 Å². The van der Waals surface area contributed by atoms with E-state index in [4.69, 9.17) is 9.84 Å². The van der Waals surface area contributed by atoms with Crippen LogP contribution in [0.3, 0.4) is 0 Å². The summed E-state index contributed by atoms with van der Waals surface area (Å²) in [5, 5.41) is 40.6. The first kappa shape index (κ1) is 39.8. The predicted octanol–water partition coefficient (Wildman–Crippen LogP) is 9.37. The van der Waals surface area contributed by atoms with Crippen molar-refractivity contribution in [1.29, 1.82) is 0 Å². The van der Waals surface area contributed by atoms with Crippen molar-refractivity contribution < 1.29 is 25.2 Å². The molecule has 0 aliphatic heterocycles. The molecule has 0 saturated carbocycles. The van der Waals surface area contributed by atoms with Gasteiger partial charge in [-0.15, -0.1) is 0 Å². The summed E-state index contributed by atoms with van der Waals surface area (Å²) in [5.74, 6) is -1.65. The van der Waals surface area contributed by atoms with Gasteiger partial charge in [0.1, 0.15) is 12.2 Å². The number of hydrogen-bond donors (Lipinski definition) is 4. The third kappa shape index (κ3) is 25.5. The van der Waals surface area contributed by atoms with E-state index in [1.807, 2.05) is 0 Å². The highest BCUT2D eigenvalue weighted by Crippen LogP contribution is 2.26. The van der Waals surface area contributed by atoms with Gasteiger partial charge in [-0.2, -0.15) is 0 Å². The maximum atomic E-state index is 11.1. The van der Waals surface area contributed by atoms with Gasteiger partial charge in [-0.05, 0) is 12.8 Å². The largest absolute Gasteiger partial charge is 0.394 e. The molecule has 0 fully saturated rings. The highest BCUT2D eigenvalue weighted by atomic mass is 16.6. The van der Waals surface area contributed by atoms with Crippen molar-refractivity contribution >= 4 is 0 Å². The first-order valence-electron chi connectivity index (χ1n) is 17.8. The zero-order chi connectivity index (χ0) is 29.6. The van der Waals surface area contributed by atoms with Crippen molar-refractivity contribution in [3.63, 3.8) is 0 Å². The first-order valence-corrected chi connectivity index (χ1v) is 17.8. The van der Waals surface area contributed by atoms with Gasteiger partial charge in [-0.25, -0.2) is 0 Å². The van der Waals surface area contributed by atoms with Crippen molar-refractivity contribution in [3.8, 4) is 0 Å². The van der Waals surface area contributed by atoms with Gasteiger partial charge in [0.25, 0.3) is 0 Å². The van der Waals surface area contributed by atoms with E-state index in [1.54, 1.807) is 0 Å². The normalized spacial score (nSPS) is 14.8. The topological polar surface area (TPSA) is 90.2 Å². The van der Waals surface area contributed by atoms with Crippen molar-refractivity contribution in [2.24, 2.45) is 0 Å². The average Bonchev–Trinajstić information content (AvgIpc) is 2.96. The molecule has 3 unspecified atom stereocenters. The summed E-state index contributed by atoms with van der Waals surface area (Å²) in [6.07, 6.45) is 32.0. The summed E-state index contributed by atoms with van der Waals surface area (Å²) in [6, 6.07) is 0.